The Labute approximate surface area is 117 Å². The lowest BCUT2D eigenvalue weighted by Gasteiger charge is -2.03. The van der Waals surface area contributed by atoms with Crippen molar-refractivity contribution in [1.82, 2.24) is 4.98 Å². The van der Waals surface area contributed by atoms with E-state index in [4.69, 9.17) is 17.3 Å². The van der Waals surface area contributed by atoms with Crippen LogP contribution in [0.3, 0.4) is 0 Å². The van der Waals surface area contributed by atoms with Crippen LogP contribution in [0.15, 0.2) is 24.3 Å². The van der Waals surface area contributed by atoms with Crippen LogP contribution in [-0.2, 0) is 19.1 Å². The number of benzene rings is 1. The Hall–Kier alpha value is -1.11. The van der Waals surface area contributed by atoms with E-state index in [-0.39, 0.29) is 11.4 Å². The lowest BCUT2D eigenvalue weighted by atomic mass is 10.2. The van der Waals surface area contributed by atoms with Crippen molar-refractivity contribution in [3.05, 3.63) is 50.4 Å². The molecular weight excluding hydrogens is 297 g/mol. The zero-order chi connectivity index (χ0) is 14.0. The number of aromatic nitrogens is 1. The molecule has 19 heavy (non-hydrogen) atoms. The van der Waals surface area contributed by atoms with Gasteiger partial charge in [0.25, 0.3) is 0 Å². The number of nitrogens with two attached hydrogens (primary N) is 1. The first-order valence-electron chi connectivity index (χ1n) is 5.40. The maximum absolute atomic E-state index is 12.7. The highest BCUT2D eigenvalue weighted by Crippen LogP contribution is 2.34. The Morgan fingerprint density at radius 3 is 2.32 bits per heavy atom. The summed E-state index contributed by atoms with van der Waals surface area (Å²) in [6.45, 7) is -0.160. The van der Waals surface area contributed by atoms with Gasteiger partial charge in [-0.2, -0.15) is 13.2 Å². The molecular formula is C12H10ClF3N2S. The molecule has 1 aromatic carbocycles. The zero-order valence-corrected chi connectivity index (χ0v) is 11.2. The SMILES string of the molecule is NCc1sc(Cc2ccc(Cl)cc2)nc1C(F)(F)F. The van der Waals surface area contributed by atoms with Gasteiger partial charge in [0.05, 0.1) is 9.88 Å². The fraction of sp³-hybridized carbons (Fsp3) is 0.250. The molecule has 0 saturated heterocycles. The predicted octanol–water partition coefficient (Wildman–Crippen LogP) is 3.86. The smallest absolute Gasteiger partial charge is 0.326 e. The third-order valence-corrected chi connectivity index (χ3v) is 3.79. The lowest BCUT2D eigenvalue weighted by Crippen LogP contribution is -2.10. The Balaban J connectivity index is 2.26. The molecule has 2 nitrogen and oxygen atoms in total. The van der Waals surface area contributed by atoms with Gasteiger partial charge < -0.3 is 5.73 Å². The number of thiazole rings is 1. The largest absolute Gasteiger partial charge is 0.434 e. The van der Waals surface area contributed by atoms with Crippen molar-refractivity contribution in [2.45, 2.75) is 19.1 Å². The van der Waals surface area contributed by atoms with E-state index in [1.165, 1.54) is 0 Å². The van der Waals surface area contributed by atoms with E-state index in [0.717, 1.165) is 16.9 Å². The summed E-state index contributed by atoms with van der Waals surface area (Å²) in [5.74, 6) is 0. The second kappa shape index (κ2) is 5.48. The number of hydrogen-bond donors (Lipinski definition) is 1. The molecule has 1 heterocycles. The van der Waals surface area contributed by atoms with Gasteiger partial charge in [-0.05, 0) is 17.7 Å². The molecule has 0 aliphatic carbocycles. The summed E-state index contributed by atoms with van der Waals surface area (Å²) in [6.07, 6.45) is -4.12. The van der Waals surface area contributed by atoms with Crippen LogP contribution in [-0.4, -0.2) is 4.98 Å². The average Bonchev–Trinajstić information content (AvgIpc) is 2.75. The molecule has 0 amide bonds. The molecule has 0 radical (unpaired) electrons. The molecule has 0 unspecified atom stereocenters. The fourth-order valence-corrected chi connectivity index (χ4v) is 2.74. The maximum atomic E-state index is 12.7. The minimum atomic E-state index is -4.45. The number of halogens is 4. The van der Waals surface area contributed by atoms with E-state index < -0.39 is 11.9 Å². The van der Waals surface area contributed by atoms with E-state index in [2.05, 4.69) is 4.98 Å². The zero-order valence-electron chi connectivity index (χ0n) is 9.67. The molecule has 0 fully saturated rings. The Morgan fingerprint density at radius 2 is 1.84 bits per heavy atom. The van der Waals surface area contributed by atoms with Gasteiger partial charge in [-0.1, -0.05) is 23.7 Å². The van der Waals surface area contributed by atoms with Crippen LogP contribution in [0.2, 0.25) is 5.02 Å². The highest BCUT2D eigenvalue weighted by Gasteiger charge is 2.36. The van der Waals surface area contributed by atoms with Gasteiger partial charge >= 0.3 is 6.18 Å². The number of hydrogen-bond acceptors (Lipinski definition) is 3. The normalized spacial score (nSPS) is 11.8. The van der Waals surface area contributed by atoms with Crippen molar-refractivity contribution >= 4 is 22.9 Å². The van der Waals surface area contributed by atoms with Crippen LogP contribution in [0.5, 0.6) is 0 Å². The van der Waals surface area contributed by atoms with Gasteiger partial charge in [-0.25, -0.2) is 4.98 Å². The third kappa shape index (κ3) is 3.46. The van der Waals surface area contributed by atoms with E-state index in [9.17, 15) is 13.2 Å². The first-order valence-corrected chi connectivity index (χ1v) is 6.60. The van der Waals surface area contributed by atoms with Gasteiger partial charge in [0.1, 0.15) is 0 Å². The van der Waals surface area contributed by atoms with Crippen LogP contribution < -0.4 is 5.73 Å². The summed E-state index contributed by atoms with van der Waals surface area (Å²) < 4.78 is 38.1. The predicted molar refractivity (Wildman–Crippen MR) is 69.3 cm³/mol. The second-order valence-corrected chi connectivity index (χ2v) is 5.49. The number of nitrogens with zero attached hydrogens (tertiary/aromatic N) is 1. The summed E-state index contributed by atoms with van der Waals surface area (Å²) in [7, 11) is 0. The molecule has 0 atom stereocenters. The number of alkyl halides is 3. The minimum absolute atomic E-state index is 0.0662. The molecule has 0 saturated carbocycles. The van der Waals surface area contributed by atoms with Crippen molar-refractivity contribution in [1.29, 1.82) is 0 Å². The summed E-state index contributed by atoms with van der Waals surface area (Å²) in [5.41, 5.74) is 5.31. The monoisotopic (exact) mass is 306 g/mol. The Morgan fingerprint density at radius 1 is 1.21 bits per heavy atom. The molecule has 2 aromatic rings. The van der Waals surface area contributed by atoms with Gasteiger partial charge in [-0.3, -0.25) is 0 Å². The first-order chi connectivity index (χ1) is 8.90. The highest BCUT2D eigenvalue weighted by molar-refractivity contribution is 7.11. The molecule has 102 valence electrons. The van der Waals surface area contributed by atoms with Crippen LogP contribution in [0.1, 0.15) is 21.1 Å². The molecule has 1 aromatic heterocycles. The molecule has 7 heteroatoms. The third-order valence-electron chi connectivity index (χ3n) is 2.46. The Kier molecular flexibility index (Phi) is 4.13. The van der Waals surface area contributed by atoms with Crippen molar-refractivity contribution in [2.24, 2.45) is 5.73 Å². The summed E-state index contributed by atoms with van der Waals surface area (Å²) >= 11 is 6.74. The van der Waals surface area contributed by atoms with E-state index in [1.807, 2.05) is 0 Å². The fourth-order valence-electron chi connectivity index (χ4n) is 1.61. The quantitative estimate of drug-likeness (QED) is 0.935. The van der Waals surface area contributed by atoms with Gasteiger partial charge in [-0.15, -0.1) is 11.3 Å². The van der Waals surface area contributed by atoms with Crippen molar-refractivity contribution in [3.63, 3.8) is 0 Å². The molecule has 2 rings (SSSR count). The molecule has 0 aliphatic rings. The molecule has 0 aliphatic heterocycles. The summed E-state index contributed by atoms with van der Waals surface area (Å²) in [5, 5.41) is 0.983. The van der Waals surface area contributed by atoms with Gasteiger partial charge in [0, 0.05) is 18.0 Å². The first kappa shape index (κ1) is 14.3. The molecule has 0 spiro atoms. The average molecular weight is 307 g/mol. The Bertz CT molecular complexity index is 563. The standard InChI is InChI=1S/C12H10ClF3N2S/c13-8-3-1-7(2-4-8)5-10-18-11(12(14,15)16)9(6-17)19-10/h1-4H,5-6,17H2. The topological polar surface area (TPSA) is 38.9 Å². The van der Waals surface area contributed by atoms with E-state index >= 15 is 0 Å². The van der Waals surface area contributed by atoms with Crippen molar-refractivity contribution in [3.8, 4) is 0 Å². The summed E-state index contributed by atoms with van der Waals surface area (Å²) in [6, 6.07) is 6.91. The second-order valence-electron chi connectivity index (χ2n) is 3.88. The van der Waals surface area contributed by atoms with Crippen molar-refractivity contribution < 1.29 is 13.2 Å². The highest BCUT2D eigenvalue weighted by atomic mass is 35.5. The van der Waals surface area contributed by atoms with E-state index in [0.29, 0.717) is 16.5 Å². The summed E-state index contributed by atoms with van der Waals surface area (Å²) in [4.78, 5) is 3.72. The van der Waals surface area contributed by atoms with Gasteiger partial charge in [0.2, 0.25) is 0 Å². The minimum Gasteiger partial charge on any atom is -0.326 e. The van der Waals surface area contributed by atoms with E-state index in [1.54, 1.807) is 24.3 Å². The lowest BCUT2D eigenvalue weighted by molar-refractivity contribution is -0.141. The van der Waals surface area contributed by atoms with Crippen molar-refractivity contribution in [2.75, 3.05) is 0 Å². The van der Waals surface area contributed by atoms with Crippen LogP contribution in [0.4, 0.5) is 13.2 Å². The van der Waals surface area contributed by atoms with Gasteiger partial charge in [0.15, 0.2) is 5.69 Å². The number of rotatable bonds is 3. The molecule has 0 bridgehead atoms. The van der Waals surface area contributed by atoms with Crippen LogP contribution >= 0.6 is 22.9 Å². The van der Waals surface area contributed by atoms with Crippen LogP contribution in [0.25, 0.3) is 0 Å². The molecule has 2 N–H and O–H groups in total. The van der Waals surface area contributed by atoms with Crippen LogP contribution in [0, 0.1) is 0 Å². The maximum Gasteiger partial charge on any atom is 0.434 e.